The van der Waals surface area contributed by atoms with Gasteiger partial charge in [-0.25, -0.2) is 0 Å². The van der Waals surface area contributed by atoms with Crippen LogP contribution in [0.5, 0.6) is 0 Å². The van der Waals surface area contributed by atoms with Crippen LogP contribution in [0.25, 0.3) is 11.5 Å². The third-order valence-electron chi connectivity index (χ3n) is 4.32. The molecule has 0 aliphatic rings. The normalized spacial score (nSPS) is 11.3. The fraction of sp³-hybridized carbons (Fsp3) is 0.273. The monoisotopic (exact) mass is 425 g/mol. The van der Waals surface area contributed by atoms with Gasteiger partial charge in [-0.15, -0.1) is 10.2 Å². The first kappa shape index (κ1) is 21.6. The van der Waals surface area contributed by atoms with E-state index in [2.05, 4.69) is 36.3 Å². The number of carboxylic acids is 1. The Morgan fingerprint density at radius 1 is 1.03 bits per heavy atom. The molecule has 0 bridgehead atoms. The van der Waals surface area contributed by atoms with Gasteiger partial charge in [-0.05, 0) is 40.8 Å². The first-order valence-electron chi connectivity index (χ1n) is 9.38. The second kappa shape index (κ2) is 9.13. The largest absolute Gasteiger partial charge is 0.481 e. The van der Waals surface area contributed by atoms with Gasteiger partial charge in [0.15, 0.2) is 0 Å². The number of rotatable bonds is 7. The van der Waals surface area contributed by atoms with Gasteiger partial charge in [-0.2, -0.15) is 0 Å². The third-order valence-corrected chi connectivity index (χ3v) is 5.14. The minimum atomic E-state index is -0.896. The lowest BCUT2D eigenvalue weighted by atomic mass is 9.87. The number of thioether (sulfide) groups is 1. The van der Waals surface area contributed by atoms with Crippen molar-refractivity contribution in [3.05, 3.63) is 59.7 Å². The highest BCUT2D eigenvalue weighted by Gasteiger charge is 2.15. The molecule has 3 aromatic rings. The van der Waals surface area contributed by atoms with E-state index in [9.17, 15) is 9.59 Å². The molecule has 30 heavy (non-hydrogen) atoms. The summed E-state index contributed by atoms with van der Waals surface area (Å²) in [5.74, 6) is -0.596. The number of hydrogen-bond acceptors (Lipinski definition) is 6. The van der Waals surface area contributed by atoms with Gasteiger partial charge in [0.25, 0.3) is 5.22 Å². The van der Waals surface area contributed by atoms with Gasteiger partial charge in [0, 0.05) is 11.3 Å². The number of aromatic nitrogens is 2. The van der Waals surface area contributed by atoms with Crippen molar-refractivity contribution in [2.24, 2.45) is 0 Å². The lowest BCUT2D eigenvalue weighted by Crippen LogP contribution is -2.14. The van der Waals surface area contributed by atoms with Crippen LogP contribution in [0.2, 0.25) is 0 Å². The van der Waals surface area contributed by atoms with E-state index in [1.54, 1.807) is 24.3 Å². The molecule has 0 aliphatic carbocycles. The predicted molar refractivity (Wildman–Crippen MR) is 116 cm³/mol. The molecule has 1 aromatic heterocycles. The smallest absolute Gasteiger partial charge is 0.307 e. The quantitative estimate of drug-likeness (QED) is 0.541. The zero-order valence-corrected chi connectivity index (χ0v) is 17.8. The Kier molecular flexibility index (Phi) is 6.56. The van der Waals surface area contributed by atoms with Crippen molar-refractivity contribution in [2.45, 2.75) is 37.8 Å². The first-order chi connectivity index (χ1) is 14.2. The van der Waals surface area contributed by atoms with Crippen molar-refractivity contribution >= 4 is 29.3 Å². The highest BCUT2D eigenvalue weighted by atomic mass is 32.2. The number of nitrogens with zero attached hydrogens (tertiary/aromatic N) is 2. The summed E-state index contributed by atoms with van der Waals surface area (Å²) in [5, 5.41) is 19.9. The van der Waals surface area contributed by atoms with Gasteiger partial charge in [0.05, 0.1) is 12.2 Å². The van der Waals surface area contributed by atoms with Gasteiger partial charge in [-0.3, -0.25) is 9.59 Å². The maximum Gasteiger partial charge on any atom is 0.307 e. The molecular weight excluding hydrogens is 402 g/mol. The molecule has 0 fully saturated rings. The van der Waals surface area contributed by atoms with Crippen molar-refractivity contribution in [1.82, 2.24) is 10.2 Å². The van der Waals surface area contributed by atoms with Crippen LogP contribution in [0.15, 0.2) is 58.2 Å². The second-order valence-electron chi connectivity index (χ2n) is 7.80. The fourth-order valence-electron chi connectivity index (χ4n) is 2.70. The van der Waals surface area contributed by atoms with E-state index in [-0.39, 0.29) is 23.5 Å². The van der Waals surface area contributed by atoms with Crippen LogP contribution in [0.4, 0.5) is 5.69 Å². The van der Waals surface area contributed by atoms with Crippen LogP contribution < -0.4 is 5.32 Å². The summed E-state index contributed by atoms with van der Waals surface area (Å²) in [6.45, 7) is 6.46. The molecule has 2 N–H and O–H groups in total. The summed E-state index contributed by atoms with van der Waals surface area (Å²) in [7, 11) is 0. The van der Waals surface area contributed by atoms with Gasteiger partial charge >= 0.3 is 5.97 Å². The molecule has 3 rings (SSSR count). The van der Waals surface area contributed by atoms with E-state index in [1.807, 2.05) is 24.3 Å². The predicted octanol–water partition coefficient (Wildman–Crippen LogP) is 4.39. The number of carbonyl (C=O) groups is 2. The standard InChI is InChI=1S/C22H23N3O4S/c1-22(2,3)16-8-6-15(7-9-16)20-24-25-21(29-20)30-13-18(26)23-17-10-4-14(5-11-17)12-19(27)28/h4-11H,12-13H2,1-3H3,(H,23,26)(H,27,28). The van der Waals surface area contributed by atoms with Crippen LogP contribution in [0.1, 0.15) is 31.9 Å². The number of carbonyl (C=O) groups excluding carboxylic acids is 1. The molecule has 0 saturated carbocycles. The van der Waals surface area contributed by atoms with Crippen molar-refractivity contribution in [2.75, 3.05) is 11.1 Å². The molecule has 0 atom stereocenters. The molecular formula is C22H23N3O4S. The maximum atomic E-state index is 12.1. The number of nitrogens with one attached hydrogen (secondary N) is 1. The summed E-state index contributed by atoms with van der Waals surface area (Å²) < 4.78 is 5.65. The van der Waals surface area contributed by atoms with Crippen LogP contribution in [-0.4, -0.2) is 32.9 Å². The molecule has 0 radical (unpaired) electrons. The first-order valence-corrected chi connectivity index (χ1v) is 10.4. The Hall–Kier alpha value is -3.13. The molecule has 156 valence electrons. The SMILES string of the molecule is CC(C)(C)c1ccc(-c2nnc(SCC(=O)Nc3ccc(CC(=O)O)cc3)o2)cc1. The van der Waals surface area contributed by atoms with E-state index in [1.165, 1.54) is 5.56 Å². The van der Waals surface area contributed by atoms with Crippen LogP contribution >= 0.6 is 11.8 Å². The number of aliphatic carboxylic acids is 1. The minimum absolute atomic E-state index is 0.0531. The van der Waals surface area contributed by atoms with Crippen LogP contribution in [0, 0.1) is 0 Å². The van der Waals surface area contributed by atoms with Crippen molar-refractivity contribution in [3.63, 3.8) is 0 Å². The second-order valence-corrected chi connectivity index (χ2v) is 8.73. The molecule has 1 amide bonds. The third kappa shape index (κ3) is 5.93. The summed E-state index contributed by atoms with van der Waals surface area (Å²) in [5.41, 5.74) is 3.38. The Bertz CT molecular complexity index is 1020. The van der Waals surface area contributed by atoms with E-state index in [0.29, 0.717) is 22.4 Å². The summed E-state index contributed by atoms with van der Waals surface area (Å²) >= 11 is 1.15. The Morgan fingerprint density at radius 2 is 1.70 bits per heavy atom. The average Bonchev–Trinajstić information content (AvgIpc) is 3.16. The van der Waals surface area contributed by atoms with E-state index >= 15 is 0 Å². The van der Waals surface area contributed by atoms with Crippen molar-refractivity contribution in [1.29, 1.82) is 0 Å². The molecule has 0 spiro atoms. The maximum absolute atomic E-state index is 12.1. The Labute approximate surface area is 178 Å². The van der Waals surface area contributed by atoms with Crippen LogP contribution in [0.3, 0.4) is 0 Å². The van der Waals surface area contributed by atoms with Crippen molar-refractivity contribution in [3.8, 4) is 11.5 Å². The molecule has 1 heterocycles. The number of benzene rings is 2. The van der Waals surface area contributed by atoms with Gasteiger partial charge in [0.2, 0.25) is 11.8 Å². The van der Waals surface area contributed by atoms with Crippen LogP contribution in [-0.2, 0) is 21.4 Å². The zero-order valence-electron chi connectivity index (χ0n) is 17.0. The molecule has 8 heteroatoms. The number of carboxylic acid groups (broad SMARTS) is 1. The summed E-state index contributed by atoms with van der Waals surface area (Å²) in [6, 6.07) is 14.7. The molecule has 0 saturated heterocycles. The lowest BCUT2D eigenvalue weighted by Gasteiger charge is -2.18. The van der Waals surface area contributed by atoms with Crippen molar-refractivity contribution < 1.29 is 19.1 Å². The summed E-state index contributed by atoms with van der Waals surface area (Å²) in [4.78, 5) is 22.8. The van der Waals surface area contributed by atoms with Gasteiger partial charge < -0.3 is 14.8 Å². The molecule has 2 aromatic carbocycles. The zero-order chi connectivity index (χ0) is 21.7. The minimum Gasteiger partial charge on any atom is -0.481 e. The van der Waals surface area contributed by atoms with E-state index in [0.717, 1.165) is 17.3 Å². The number of hydrogen-bond donors (Lipinski definition) is 2. The fourth-order valence-corrected chi connectivity index (χ4v) is 3.27. The highest BCUT2D eigenvalue weighted by molar-refractivity contribution is 7.99. The van der Waals surface area contributed by atoms with E-state index < -0.39 is 5.97 Å². The summed E-state index contributed by atoms with van der Waals surface area (Å²) in [6.07, 6.45) is -0.0531. The van der Waals surface area contributed by atoms with E-state index in [4.69, 9.17) is 9.52 Å². The topological polar surface area (TPSA) is 105 Å². The molecule has 0 unspecified atom stereocenters. The highest BCUT2D eigenvalue weighted by Crippen LogP contribution is 2.27. The lowest BCUT2D eigenvalue weighted by molar-refractivity contribution is -0.136. The number of anilines is 1. The van der Waals surface area contributed by atoms with Gasteiger partial charge in [-0.1, -0.05) is 56.8 Å². The molecule has 0 aliphatic heterocycles. The van der Waals surface area contributed by atoms with Gasteiger partial charge in [0.1, 0.15) is 0 Å². The molecule has 7 nitrogen and oxygen atoms in total. The average molecular weight is 426 g/mol. The Morgan fingerprint density at radius 3 is 2.30 bits per heavy atom. The number of amides is 1. The Balaban J connectivity index is 1.53.